The third kappa shape index (κ3) is 1.60. The average Bonchev–Trinajstić information content (AvgIpc) is 2.86. The van der Waals surface area contributed by atoms with Gasteiger partial charge in [0.25, 0.3) is 0 Å². The Morgan fingerprint density at radius 1 is 1.71 bits per heavy atom. The molecule has 1 unspecified atom stereocenters. The Morgan fingerprint density at radius 3 is 3.21 bits per heavy atom. The van der Waals surface area contributed by atoms with Crippen LogP contribution >= 0.6 is 0 Å². The van der Waals surface area contributed by atoms with Crippen LogP contribution in [0.2, 0.25) is 0 Å². The Morgan fingerprint density at radius 2 is 2.57 bits per heavy atom. The number of hydrogen-bond donors (Lipinski definition) is 1. The lowest BCUT2D eigenvalue weighted by Gasteiger charge is -1.98. The lowest BCUT2D eigenvalue weighted by atomic mass is 10.1. The van der Waals surface area contributed by atoms with Crippen molar-refractivity contribution in [1.82, 2.24) is 15.5 Å². The molecule has 6 heteroatoms. The predicted octanol–water partition coefficient (Wildman–Crippen LogP) is -0.0669. The molecule has 2 heterocycles. The molecule has 0 aliphatic carbocycles. The van der Waals surface area contributed by atoms with Crippen molar-refractivity contribution < 1.29 is 14.1 Å². The van der Waals surface area contributed by atoms with Gasteiger partial charge < -0.3 is 14.6 Å². The highest BCUT2D eigenvalue weighted by Gasteiger charge is 2.24. The summed E-state index contributed by atoms with van der Waals surface area (Å²) >= 11 is 0. The topological polar surface area (TPSA) is 77.2 Å². The van der Waals surface area contributed by atoms with Gasteiger partial charge >= 0.3 is 11.9 Å². The summed E-state index contributed by atoms with van der Waals surface area (Å²) in [5.74, 6) is 0.164. The molecular formula is C8H11N3O3. The van der Waals surface area contributed by atoms with Crippen molar-refractivity contribution >= 4 is 5.97 Å². The van der Waals surface area contributed by atoms with Crippen LogP contribution in [0.15, 0.2) is 4.52 Å². The molecule has 1 atom stereocenters. The van der Waals surface area contributed by atoms with E-state index in [1.807, 2.05) is 0 Å². The number of nitrogens with zero attached hydrogens (tertiary/aromatic N) is 2. The Hall–Kier alpha value is -1.43. The van der Waals surface area contributed by atoms with Crippen molar-refractivity contribution in [2.24, 2.45) is 0 Å². The molecule has 1 N–H and O–H groups in total. The van der Waals surface area contributed by atoms with Crippen LogP contribution < -0.4 is 5.32 Å². The molecule has 1 aromatic rings. The third-order valence-electron chi connectivity index (χ3n) is 2.23. The fourth-order valence-electron chi connectivity index (χ4n) is 1.45. The van der Waals surface area contributed by atoms with Crippen LogP contribution in [0.3, 0.4) is 0 Å². The van der Waals surface area contributed by atoms with Gasteiger partial charge in [-0.1, -0.05) is 5.16 Å². The molecule has 0 saturated carbocycles. The van der Waals surface area contributed by atoms with Crippen LogP contribution in [-0.4, -0.2) is 36.3 Å². The molecule has 0 amide bonds. The van der Waals surface area contributed by atoms with Gasteiger partial charge in [0, 0.05) is 12.5 Å². The summed E-state index contributed by atoms with van der Waals surface area (Å²) in [5.41, 5.74) is 0. The minimum atomic E-state index is -0.588. The lowest BCUT2D eigenvalue weighted by molar-refractivity contribution is 0.0545. The van der Waals surface area contributed by atoms with E-state index in [9.17, 15) is 4.79 Å². The molecule has 1 aliphatic heterocycles. The van der Waals surface area contributed by atoms with E-state index in [2.05, 4.69) is 20.2 Å². The Kier molecular flexibility index (Phi) is 2.45. The summed E-state index contributed by atoms with van der Waals surface area (Å²) in [6.07, 6.45) is 0.972. The number of hydrogen-bond acceptors (Lipinski definition) is 6. The fraction of sp³-hybridized carbons (Fsp3) is 0.625. The van der Waals surface area contributed by atoms with E-state index in [1.165, 1.54) is 7.11 Å². The van der Waals surface area contributed by atoms with Crippen molar-refractivity contribution in [2.45, 2.75) is 12.3 Å². The van der Waals surface area contributed by atoms with Crippen molar-refractivity contribution in [2.75, 3.05) is 20.2 Å². The smallest absolute Gasteiger partial charge is 0.397 e. The van der Waals surface area contributed by atoms with Gasteiger partial charge in [-0.3, -0.25) is 0 Å². The highest BCUT2D eigenvalue weighted by Crippen LogP contribution is 2.19. The molecule has 1 fully saturated rings. The second-order valence-corrected chi connectivity index (χ2v) is 3.14. The molecule has 2 rings (SSSR count). The largest absolute Gasteiger partial charge is 0.462 e. The second kappa shape index (κ2) is 3.75. The first-order chi connectivity index (χ1) is 6.81. The van der Waals surface area contributed by atoms with Gasteiger partial charge in [0.15, 0.2) is 5.82 Å². The van der Waals surface area contributed by atoms with E-state index >= 15 is 0 Å². The molecule has 1 aliphatic rings. The van der Waals surface area contributed by atoms with Gasteiger partial charge in [-0.2, -0.15) is 4.98 Å². The molecule has 14 heavy (non-hydrogen) atoms. The van der Waals surface area contributed by atoms with E-state index in [4.69, 9.17) is 4.52 Å². The molecule has 0 radical (unpaired) electrons. The third-order valence-corrected chi connectivity index (χ3v) is 2.23. The monoisotopic (exact) mass is 197 g/mol. The standard InChI is InChI=1S/C8H11N3O3/c1-13-8(12)7-10-6(11-14-7)5-2-3-9-4-5/h5,9H,2-4H2,1H3. The SMILES string of the molecule is COC(=O)c1nc(C2CCNC2)no1. The summed E-state index contributed by atoms with van der Waals surface area (Å²) in [4.78, 5) is 15.0. The highest BCUT2D eigenvalue weighted by molar-refractivity contribution is 5.83. The summed E-state index contributed by atoms with van der Waals surface area (Å²) in [6.45, 7) is 1.78. The van der Waals surface area contributed by atoms with E-state index in [-0.39, 0.29) is 11.8 Å². The number of rotatable bonds is 2. The predicted molar refractivity (Wildman–Crippen MR) is 45.9 cm³/mol. The number of nitrogens with one attached hydrogen (secondary N) is 1. The lowest BCUT2D eigenvalue weighted by Crippen LogP contribution is -2.09. The molecular weight excluding hydrogens is 186 g/mol. The molecule has 0 spiro atoms. The van der Waals surface area contributed by atoms with Crippen LogP contribution in [0.4, 0.5) is 0 Å². The van der Waals surface area contributed by atoms with Crippen molar-refractivity contribution in [3.05, 3.63) is 11.7 Å². The summed E-state index contributed by atoms with van der Waals surface area (Å²) in [5, 5.41) is 6.93. The molecule has 0 bridgehead atoms. The highest BCUT2D eigenvalue weighted by atomic mass is 16.6. The quantitative estimate of drug-likeness (QED) is 0.669. The second-order valence-electron chi connectivity index (χ2n) is 3.14. The van der Waals surface area contributed by atoms with Crippen LogP contribution in [0, 0.1) is 0 Å². The van der Waals surface area contributed by atoms with Gasteiger partial charge in [0.2, 0.25) is 0 Å². The zero-order chi connectivity index (χ0) is 9.97. The molecule has 76 valence electrons. The first-order valence-electron chi connectivity index (χ1n) is 4.44. The van der Waals surface area contributed by atoms with E-state index in [0.717, 1.165) is 19.5 Å². The summed E-state index contributed by atoms with van der Waals surface area (Å²) in [7, 11) is 1.28. The Labute approximate surface area is 80.6 Å². The Bertz CT molecular complexity index is 330. The Balaban J connectivity index is 2.12. The van der Waals surface area contributed by atoms with Crippen molar-refractivity contribution in [1.29, 1.82) is 0 Å². The molecule has 1 saturated heterocycles. The molecule has 6 nitrogen and oxygen atoms in total. The van der Waals surface area contributed by atoms with Crippen molar-refractivity contribution in [3.8, 4) is 0 Å². The number of methoxy groups -OCH3 is 1. The minimum absolute atomic E-state index is 0.0746. The summed E-state index contributed by atoms with van der Waals surface area (Å²) in [6, 6.07) is 0. The number of aromatic nitrogens is 2. The maximum absolute atomic E-state index is 11.0. The minimum Gasteiger partial charge on any atom is -0.462 e. The average molecular weight is 197 g/mol. The number of esters is 1. The number of carbonyl (C=O) groups is 1. The van der Waals surface area contributed by atoms with Gasteiger partial charge in [0.1, 0.15) is 0 Å². The van der Waals surface area contributed by atoms with Gasteiger partial charge in [-0.25, -0.2) is 4.79 Å². The normalized spacial score (nSPS) is 21.1. The first-order valence-corrected chi connectivity index (χ1v) is 4.44. The first kappa shape index (κ1) is 9.14. The maximum atomic E-state index is 11.0. The van der Waals surface area contributed by atoms with E-state index in [1.54, 1.807) is 0 Å². The number of carbonyl (C=O) groups excluding carboxylic acids is 1. The van der Waals surface area contributed by atoms with Gasteiger partial charge in [-0.05, 0) is 13.0 Å². The molecule has 0 aromatic carbocycles. The van der Waals surface area contributed by atoms with Crippen LogP contribution in [0.25, 0.3) is 0 Å². The molecule has 1 aromatic heterocycles. The zero-order valence-corrected chi connectivity index (χ0v) is 7.82. The van der Waals surface area contributed by atoms with E-state index < -0.39 is 5.97 Å². The summed E-state index contributed by atoms with van der Waals surface area (Å²) < 4.78 is 9.23. The van der Waals surface area contributed by atoms with Gasteiger partial charge in [0.05, 0.1) is 7.11 Å². The fourth-order valence-corrected chi connectivity index (χ4v) is 1.45. The van der Waals surface area contributed by atoms with E-state index in [0.29, 0.717) is 5.82 Å². The van der Waals surface area contributed by atoms with Crippen molar-refractivity contribution in [3.63, 3.8) is 0 Å². The van der Waals surface area contributed by atoms with Gasteiger partial charge in [-0.15, -0.1) is 0 Å². The number of ether oxygens (including phenoxy) is 1. The van der Waals surface area contributed by atoms with Crippen LogP contribution in [-0.2, 0) is 4.74 Å². The zero-order valence-electron chi connectivity index (χ0n) is 7.82. The maximum Gasteiger partial charge on any atom is 0.397 e. The van der Waals surface area contributed by atoms with Crippen LogP contribution in [0.1, 0.15) is 28.8 Å². The van der Waals surface area contributed by atoms with Crippen LogP contribution in [0.5, 0.6) is 0 Å².